The largest absolute Gasteiger partial charge is 0.491 e. The van der Waals surface area contributed by atoms with Crippen molar-refractivity contribution in [3.63, 3.8) is 0 Å². The molecule has 0 aliphatic rings. The van der Waals surface area contributed by atoms with Gasteiger partial charge in [-0.15, -0.1) is 0 Å². The molecule has 0 aliphatic carbocycles. The molecule has 0 amide bonds. The minimum absolute atomic E-state index is 0.0454. The molecule has 0 fully saturated rings. The van der Waals surface area contributed by atoms with Gasteiger partial charge in [0.15, 0.2) is 0 Å². The molecule has 0 bridgehead atoms. The lowest BCUT2D eigenvalue weighted by atomic mass is 10.1. The molecule has 4 heteroatoms. The van der Waals surface area contributed by atoms with Crippen molar-refractivity contribution in [2.75, 3.05) is 13.2 Å². The Morgan fingerprint density at radius 1 is 1.00 bits per heavy atom. The van der Waals surface area contributed by atoms with E-state index < -0.39 is 0 Å². The van der Waals surface area contributed by atoms with Crippen LogP contribution in [-0.4, -0.2) is 28.5 Å². The van der Waals surface area contributed by atoms with Crippen molar-refractivity contribution in [2.24, 2.45) is 0 Å². The highest BCUT2D eigenvalue weighted by atomic mass is 16.5. The van der Waals surface area contributed by atoms with Crippen LogP contribution in [-0.2, 0) is 13.2 Å². The summed E-state index contributed by atoms with van der Waals surface area (Å²) in [6.45, 7) is -0.0536. The van der Waals surface area contributed by atoms with E-state index in [9.17, 15) is 0 Å². The second kappa shape index (κ2) is 5.59. The number of hydrogen-bond acceptors (Lipinski definition) is 4. The molecule has 1 aromatic carbocycles. The first-order chi connectivity index (χ1) is 6.81. The molecule has 78 valence electrons. The van der Waals surface area contributed by atoms with Gasteiger partial charge in [-0.05, 0) is 23.3 Å². The minimum Gasteiger partial charge on any atom is -0.491 e. The molecule has 4 nitrogen and oxygen atoms in total. The monoisotopic (exact) mass is 198 g/mol. The summed E-state index contributed by atoms with van der Waals surface area (Å²) in [5.41, 5.74) is 1.33. The van der Waals surface area contributed by atoms with Crippen molar-refractivity contribution in [3.8, 4) is 5.75 Å². The van der Waals surface area contributed by atoms with E-state index >= 15 is 0 Å². The average Bonchev–Trinajstić information content (AvgIpc) is 2.25. The molecule has 0 heterocycles. The molecule has 1 rings (SSSR count). The fourth-order valence-corrected chi connectivity index (χ4v) is 1.16. The standard InChI is InChI=1S/C10H14O4/c11-3-4-14-10-2-1-8(6-12)9(5-10)7-13/h1-2,5,11-13H,3-4,6-7H2. The van der Waals surface area contributed by atoms with Gasteiger partial charge in [0.2, 0.25) is 0 Å². The lowest BCUT2D eigenvalue weighted by Crippen LogP contribution is -2.03. The van der Waals surface area contributed by atoms with E-state index in [-0.39, 0.29) is 26.4 Å². The van der Waals surface area contributed by atoms with Gasteiger partial charge in [0, 0.05) is 0 Å². The fraction of sp³-hybridized carbons (Fsp3) is 0.400. The Labute approximate surface area is 82.4 Å². The molecular weight excluding hydrogens is 184 g/mol. The number of aliphatic hydroxyl groups excluding tert-OH is 3. The van der Waals surface area contributed by atoms with E-state index in [0.29, 0.717) is 16.9 Å². The zero-order valence-electron chi connectivity index (χ0n) is 7.81. The van der Waals surface area contributed by atoms with E-state index in [4.69, 9.17) is 20.1 Å². The van der Waals surface area contributed by atoms with Gasteiger partial charge in [-0.25, -0.2) is 0 Å². The zero-order chi connectivity index (χ0) is 10.4. The highest BCUT2D eigenvalue weighted by molar-refractivity contribution is 5.34. The molecule has 0 saturated carbocycles. The topological polar surface area (TPSA) is 69.9 Å². The average molecular weight is 198 g/mol. The smallest absolute Gasteiger partial charge is 0.119 e. The number of rotatable bonds is 5. The molecule has 0 spiro atoms. The van der Waals surface area contributed by atoms with Gasteiger partial charge in [-0.1, -0.05) is 6.07 Å². The van der Waals surface area contributed by atoms with Crippen molar-refractivity contribution in [1.29, 1.82) is 0 Å². The normalized spacial score (nSPS) is 10.2. The van der Waals surface area contributed by atoms with Crippen molar-refractivity contribution in [1.82, 2.24) is 0 Å². The summed E-state index contributed by atoms with van der Waals surface area (Å²) < 4.78 is 5.15. The maximum atomic E-state index is 8.98. The zero-order valence-corrected chi connectivity index (χ0v) is 7.81. The summed E-state index contributed by atoms with van der Waals surface area (Å²) in [7, 11) is 0. The molecule has 0 aliphatic heterocycles. The van der Waals surface area contributed by atoms with E-state index in [2.05, 4.69) is 0 Å². The third-order valence-corrected chi connectivity index (χ3v) is 1.88. The Morgan fingerprint density at radius 3 is 2.29 bits per heavy atom. The molecule has 0 aromatic heterocycles. The Kier molecular flexibility index (Phi) is 4.39. The van der Waals surface area contributed by atoms with Crippen LogP contribution in [0, 0.1) is 0 Å². The number of hydrogen-bond donors (Lipinski definition) is 3. The lowest BCUT2D eigenvalue weighted by molar-refractivity contribution is 0.200. The van der Waals surface area contributed by atoms with E-state index in [1.54, 1.807) is 18.2 Å². The molecular formula is C10H14O4. The van der Waals surface area contributed by atoms with Crippen molar-refractivity contribution >= 4 is 0 Å². The van der Waals surface area contributed by atoms with Crippen molar-refractivity contribution < 1.29 is 20.1 Å². The first kappa shape index (κ1) is 11.0. The van der Waals surface area contributed by atoms with E-state index in [1.165, 1.54) is 0 Å². The van der Waals surface area contributed by atoms with Gasteiger partial charge in [-0.3, -0.25) is 0 Å². The van der Waals surface area contributed by atoms with Gasteiger partial charge >= 0.3 is 0 Å². The van der Waals surface area contributed by atoms with Crippen molar-refractivity contribution in [3.05, 3.63) is 29.3 Å². The number of benzene rings is 1. The highest BCUT2D eigenvalue weighted by Crippen LogP contribution is 2.18. The van der Waals surface area contributed by atoms with Gasteiger partial charge < -0.3 is 20.1 Å². The molecule has 14 heavy (non-hydrogen) atoms. The first-order valence-corrected chi connectivity index (χ1v) is 4.39. The predicted molar refractivity (Wildman–Crippen MR) is 50.9 cm³/mol. The molecule has 0 atom stereocenters. The van der Waals surface area contributed by atoms with Crippen LogP contribution in [0.3, 0.4) is 0 Å². The Balaban J connectivity index is 2.79. The third-order valence-electron chi connectivity index (χ3n) is 1.88. The highest BCUT2D eigenvalue weighted by Gasteiger charge is 2.02. The summed E-state index contributed by atoms with van der Waals surface area (Å²) in [5.74, 6) is 0.584. The van der Waals surface area contributed by atoms with Crippen LogP contribution >= 0.6 is 0 Å². The van der Waals surface area contributed by atoms with Crippen LogP contribution in [0.2, 0.25) is 0 Å². The quantitative estimate of drug-likeness (QED) is 0.625. The molecule has 1 aromatic rings. The van der Waals surface area contributed by atoms with Crippen LogP contribution < -0.4 is 4.74 Å². The van der Waals surface area contributed by atoms with E-state index in [1.807, 2.05) is 0 Å². The van der Waals surface area contributed by atoms with Gasteiger partial charge in [0.25, 0.3) is 0 Å². The first-order valence-electron chi connectivity index (χ1n) is 4.39. The lowest BCUT2D eigenvalue weighted by Gasteiger charge is -2.08. The second-order valence-corrected chi connectivity index (χ2v) is 2.82. The summed E-state index contributed by atoms with van der Waals surface area (Å²) in [6, 6.07) is 5.04. The summed E-state index contributed by atoms with van der Waals surface area (Å²) in [5, 5.41) is 26.4. The molecule has 0 saturated heterocycles. The van der Waals surface area contributed by atoms with Crippen LogP contribution in [0.5, 0.6) is 5.75 Å². The van der Waals surface area contributed by atoms with Gasteiger partial charge in [0.05, 0.1) is 19.8 Å². The number of aliphatic hydroxyl groups is 3. The molecule has 0 unspecified atom stereocenters. The van der Waals surface area contributed by atoms with Crippen LogP contribution in [0.25, 0.3) is 0 Å². The van der Waals surface area contributed by atoms with Crippen LogP contribution in [0.15, 0.2) is 18.2 Å². The summed E-state index contributed by atoms with van der Waals surface area (Å²) in [6.07, 6.45) is 0. The van der Waals surface area contributed by atoms with Crippen molar-refractivity contribution in [2.45, 2.75) is 13.2 Å². The van der Waals surface area contributed by atoms with Gasteiger partial charge in [0.1, 0.15) is 12.4 Å². The molecule has 0 radical (unpaired) electrons. The van der Waals surface area contributed by atoms with Gasteiger partial charge in [-0.2, -0.15) is 0 Å². The summed E-state index contributed by atoms with van der Waals surface area (Å²) >= 11 is 0. The maximum absolute atomic E-state index is 8.98. The fourth-order valence-electron chi connectivity index (χ4n) is 1.16. The van der Waals surface area contributed by atoms with Crippen LogP contribution in [0.1, 0.15) is 11.1 Å². The molecule has 3 N–H and O–H groups in total. The maximum Gasteiger partial charge on any atom is 0.119 e. The Morgan fingerprint density at radius 2 is 1.71 bits per heavy atom. The Bertz CT molecular complexity index is 285. The van der Waals surface area contributed by atoms with E-state index in [0.717, 1.165) is 0 Å². The van der Waals surface area contributed by atoms with Crippen LogP contribution in [0.4, 0.5) is 0 Å². The third kappa shape index (κ3) is 2.70. The summed E-state index contributed by atoms with van der Waals surface area (Å²) in [4.78, 5) is 0. The Hall–Kier alpha value is -1.10. The minimum atomic E-state index is -0.133. The SMILES string of the molecule is OCCOc1ccc(CO)c(CO)c1. The predicted octanol–water partition coefficient (Wildman–Crippen LogP) is 0.0423. The second-order valence-electron chi connectivity index (χ2n) is 2.82. The number of ether oxygens (including phenoxy) is 1.